The average Bonchev–Trinajstić information content (AvgIpc) is 2.97. The van der Waals surface area contributed by atoms with Crippen molar-refractivity contribution in [3.8, 4) is 17.2 Å². The molecule has 0 fully saturated rings. The number of hydrogen-bond donors (Lipinski definition) is 0. The third kappa shape index (κ3) is 7.65. The standard InChI is InChI=1S/C33H30O6/c1-3-5-6-24-9-17-28(18-10-24)37-32(35)26-13-21-30(22-14-26)39-33(36)27-15-19-29(20-16-27)38-31(34)25-11-7-23(4-2)8-12-25/h7-22H,3-6H2,1-2H3. The first-order chi connectivity index (χ1) is 18.9. The van der Waals surface area contributed by atoms with Gasteiger partial charge in [-0.15, -0.1) is 0 Å². The van der Waals surface area contributed by atoms with E-state index in [1.807, 2.05) is 31.2 Å². The van der Waals surface area contributed by atoms with E-state index in [2.05, 4.69) is 6.92 Å². The second kappa shape index (κ2) is 13.2. The molecule has 4 aromatic carbocycles. The summed E-state index contributed by atoms with van der Waals surface area (Å²) < 4.78 is 16.2. The molecule has 39 heavy (non-hydrogen) atoms. The van der Waals surface area contributed by atoms with Crippen LogP contribution in [0, 0.1) is 0 Å². The Hall–Kier alpha value is -4.71. The van der Waals surface area contributed by atoms with Crippen molar-refractivity contribution in [2.45, 2.75) is 39.5 Å². The quantitative estimate of drug-likeness (QED) is 0.161. The molecular formula is C33H30O6. The van der Waals surface area contributed by atoms with Crippen LogP contribution in [0.5, 0.6) is 17.2 Å². The summed E-state index contributed by atoms with van der Waals surface area (Å²) in [5.41, 5.74) is 3.40. The molecule has 0 amide bonds. The number of carbonyl (C=O) groups excluding carboxylic acids is 3. The van der Waals surface area contributed by atoms with E-state index in [1.165, 1.54) is 54.1 Å². The van der Waals surface area contributed by atoms with Crippen molar-refractivity contribution < 1.29 is 28.6 Å². The maximum atomic E-state index is 12.6. The molecule has 0 radical (unpaired) electrons. The number of benzene rings is 4. The molecule has 6 heteroatoms. The average molecular weight is 523 g/mol. The highest BCUT2D eigenvalue weighted by Crippen LogP contribution is 2.20. The van der Waals surface area contributed by atoms with Crippen LogP contribution in [-0.2, 0) is 12.8 Å². The smallest absolute Gasteiger partial charge is 0.343 e. The van der Waals surface area contributed by atoms with Crippen LogP contribution in [0.4, 0.5) is 0 Å². The third-order valence-electron chi connectivity index (χ3n) is 6.15. The van der Waals surface area contributed by atoms with Gasteiger partial charge in [0.25, 0.3) is 0 Å². The number of hydrogen-bond acceptors (Lipinski definition) is 6. The molecular weight excluding hydrogens is 492 g/mol. The molecule has 0 aliphatic heterocycles. The van der Waals surface area contributed by atoms with E-state index in [-0.39, 0.29) is 11.3 Å². The lowest BCUT2D eigenvalue weighted by Crippen LogP contribution is -2.11. The summed E-state index contributed by atoms with van der Waals surface area (Å²) in [5, 5.41) is 0. The fourth-order valence-electron chi connectivity index (χ4n) is 3.80. The van der Waals surface area contributed by atoms with Crippen LogP contribution in [0.1, 0.15) is 68.9 Å². The van der Waals surface area contributed by atoms with Crippen LogP contribution in [-0.4, -0.2) is 17.9 Å². The van der Waals surface area contributed by atoms with Crippen LogP contribution in [0.2, 0.25) is 0 Å². The van der Waals surface area contributed by atoms with E-state index in [0.717, 1.165) is 31.2 Å². The van der Waals surface area contributed by atoms with Crippen molar-refractivity contribution in [1.82, 2.24) is 0 Å². The Bertz CT molecular complexity index is 1400. The first-order valence-corrected chi connectivity index (χ1v) is 13.0. The summed E-state index contributed by atoms with van der Waals surface area (Å²) in [6, 6.07) is 27.0. The molecule has 0 aliphatic rings. The number of ether oxygens (including phenoxy) is 3. The van der Waals surface area contributed by atoms with E-state index in [0.29, 0.717) is 22.6 Å². The summed E-state index contributed by atoms with van der Waals surface area (Å²) >= 11 is 0. The fourth-order valence-corrected chi connectivity index (χ4v) is 3.80. The molecule has 0 unspecified atom stereocenters. The molecule has 0 saturated carbocycles. The summed E-state index contributed by atoms with van der Waals surface area (Å²) in [7, 11) is 0. The van der Waals surface area contributed by atoms with Gasteiger partial charge >= 0.3 is 17.9 Å². The summed E-state index contributed by atoms with van der Waals surface area (Å²) in [6.45, 7) is 4.19. The van der Waals surface area contributed by atoms with E-state index in [9.17, 15) is 14.4 Å². The Morgan fingerprint density at radius 3 is 1.18 bits per heavy atom. The fraction of sp³-hybridized carbons (Fsp3) is 0.182. The minimum atomic E-state index is -0.582. The predicted molar refractivity (Wildman–Crippen MR) is 149 cm³/mol. The maximum Gasteiger partial charge on any atom is 0.343 e. The molecule has 0 aliphatic carbocycles. The molecule has 0 aromatic heterocycles. The molecule has 4 aromatic rings. The highest BCUT2D eigenvalue weighted by atomic mass is 16.5. The SMILES string of the molecule is CCCCc1ccc(OC(=O)c2ccc(OC(=O)c3ccc(OC(=O)c4ccc(CC)cc4)cc3)cc2)cc1. The van der Waals surface area contributed by atoms with Gasteiger partial charge in [0.05, 0.1) is 16.7 Å². The molecule has 0 atom stereocenters. The van der Waals surface area contributed by atoms with Gasteiger partial charge in [-0.05, 0) is 103 Å². The molecule has 0 N–H and O–H groups in total. The van der Waals surface area contributed by atoms with Gasteiger partial charge in [-0.3, -0.25) is 0 Å². The molecule has 0 spiro atoms. The van der Waals surface area contributed by atoms with Gasteiger partial charge in [0.2, 0.25) is 0 Å². The second-order valence-corrected chi connectivity index (χ2v) is 9.02. The highest BCUT2D eigenvalue weighted by Gasteiger charge is 2.13. The van der Waals surface area contributed by atoms with E-state index in [1.54, 1.807) is 24.3 Å². The van der Waals surface area contributed by atoms with Crippen molar-refractivity contribution in [2.24, 2.45) is 0 Å². The molecule has 4 rings (SSSR count). The topological polar surface area (TPSA) is 78.9 Å². The Morgan fingerprint density at radius 1 is 0.487 bits per heavy atom. The molecule has 0 saturated heterocycles. The van der Waals surface area contributed by atoms with Crippen LogP contribution < -0.4 is 14.2 Å². The first kappa shape index (κ1) is 27.3. The number of aryl methyl sites for hydroxylation is 2. The van der Waals surface area contributed by atoms with Gasteiger partial charge in [-0.1, -0.05) is 44.5 Å². The largest absolute Gasteiger partial charge is 0.423 e. The van der Waals surface area contributed by atoms with E-state index >= 15 is 0 Å². The third-order valence-corrected chi connectivity index (χ3v) is 6.15. The maximum absolute atomic E-state index is 12.6. The lowest BCUT2D eigenvalue weighted by Gasteiger charge is -2.08. The zero-order valence-corrected chi connectivity index (χ0v) is 22.0. The number of carbonyl (C=O) groups is 3. The highest BCUT2D eigenvalue weighted by molar-refractivity contribution is 5.93. The van der Waals surface area contributed by atoms with Gasteiger partial charge in [-0.2, -0.15) is 0 Å². The second-order valence-electron chi connectivity index (χ2n) is 9.02. The number of rotatable bonds is 10. The monoisotopic (exact) mass is 522 g/mol. The Kier molecular flexibility index (Phi) is 9.25. The first-order valence-electron chi connectivity index (χ1n) is 13.0. The van der Waals surface area contributed by atoms with Crippen LogP contribution in [0.15, 0.2) is 97.1 Å². The van der Waals surface area contributed by atoms with Crippen molar-refractivity contribution >= 4 is 17.9 Å². The minimum absolute atomic E-state index is 0.280. The zero-order chi connectivity index (χ0) is 27.6. The van der Waals surface area contributed by atoms with Gasteiger partial charge in [0, 0.05) is 0 Å². The minimum Gasteiger partial charge on any atom is -0.423 e. The van der Waals surface area contributed by atoms with E-state index < -0.39 is 17.9 Å². The lowest BCUT2D eigenvalue weighted by molar-refractivity contribution is 0.0725. The summed E-state index contributed by atoms with van der Waals surface area (Å²) in [6.07, 6.45) is 4.13. The summed E-state index contributed by atoms with van der Waals surface area (Å²) in [4.78, 5) is 37.4. The van der Waals surface area contributed by atoms with Crippen molar-refractivity contribution in [2.75, 3.05) is 0 Å². The zero-order valence-electron chi connectivity index (χ0n) is 22.0. The van der Waals surface area contributed by atoms with Crippen LogP contribution in [0.3, 0.4) is 0 Å². The van der Waals surface area contributed by atoms with Gasteiger partial charge < -0.3 is 14.2 Å². The molecule has 0 heterocycles. The summed E-state index contributed by atoms with van der Waals surface area (Å²) in [5.74, 6) is -0.491. The molecule has 0 bridgehead atoms. The van der Waals surface area contributed by atoms with Crippen LogP contribution in [0.25, 0.3) is 0 Å². The Morgan fingerprint density at radius 2 is 0.821 bits per heavy atom. The Balaban J connectivity index is 1.29. The van der Waals surface area contributed by atoms with E-state index in [4.69, 9.17) is 14.2 Å². The van der Waals surface area contributed by atoms with Crippen molar-refractivity contribution in [3.63, 3.8) is 0 Å². The van der Waals surface area contributed by atoms with Gasteiger partial charge in [-0.25, -0.2) is 14.4 Å². The number of esters is 3. The Labute approximate surface area is 228 Å². The van der Waals surface area contributed by atoms with Gasteiger partial charge in [0.1, 0.15) is 17.2 Å². The molecule has 6 nitrogen and oxygen atoms in total. The van der Waals surface area contributed by atoms with Crippen LogP contribution >= 0.6 is 0 Å². The molecule has 198 valence electrons. The van der Waals surface area contributed by atoms with Crippen molar-refractivity contribution in [1.29, 1.82) is 0 Å². The van der Waals surface area contributed by atoms with Crippen molar-refractivity contribution in [3.05, 3.63) is 125 Å². The normalized spacial score (nSPS) is 10.5. The number of unbranched alkanes of at least 4 members (excludes halogenated alkanes) is 1. The lowest BCUT2D eigenvalue weighted by atomic mass is 10.1. The van der Waals surface area contributed by atoms with Gasteiger partial charge in [0.15, 0.2) is 0 Å². The predicted octanol–water partition coefficient (Wildman–Crippen LogP) is 7.25.